The van der Waals surface area contributed by atoms with E-state index in [-0.39, 0.29) is 24.1 Å². The Balaban J connectivity index is 1.78. The van der Waals surface area contributed by atoms with Crippen LogP contribution >= 0.6 is 0 Å². The summed E-state index contributed by atoms with van der Waals surface area (Å²) in [5.41, 5.74) is 2.01. The lowest BCUT2D eigenvalue weighted by Gasteiger charge is -2.22. The third-order valence-corrected chi connectivity index (χ3v) is 4.65. The van der Waals surface area contributed by atoms with Gasteiger partial charge in [0.1, 0.15) is 23.2 Å². The minimum atomic E-state index is -0.256. The number of aryl methyl sites for hydroxylation is 2. The van der Waals surface area contributed by atoms with Crippen LogP contribution in [0.25, 0.3) is 11.4 Å². The van der Waals surface area contributed by atoms with Crippen LogP contribution in [0.1, 0.15) is 49.3 Å². The first-order valence-electron chi connectivity index (χ1n) is 9.10. The molecule has 2 atom stereocenters. The van der Waals surface area contributed by atoms with Gasteiger partial charge in [-0.25, -0.2) is 9.67 Å². The van der Waals surface area contributed by atoms with Crippen LogP contribution in [0.3, 0.4) is 0 Å². The molecule has 8 nitrogen and oxygen atoms in total. The van der Waals surface area contributed by atoms with Crippen LogP contribution in [0, 0.1) is 12.8 Å². The Bertz CT molecular complexity index is 846. The van der Waals surface area contributed by atoms with Crippen molar-refractivity contribution in [3.63, 3.8) is 0 Å². The standard InChI is InChI=1S/C19H24N4O4/c1-11(2)26-19(25)13-6-5-7-17(13)27-16-9-8-14(20-12(16)3)18-15(10-24)23(4)22-21-18/h8-11,13,17H,5-7H2,1-4H3. The summed E-state index contributed by atoms with van der Waals surface area (Å²) in [7, 11) is 1.65. The molecule has 2 heterocycles. The first-order chi connectivity index (χ1) is 12.9. The van der Waals surface area contributed by atoms with E-state index in [0.29, 0.717) is 34.8 Å². The number of esters is 1. The van der Waals surface area contributed by atoms with E-state index in [2.05, 4.69) is 15.3 Å². The molecule has 1 aliphatic carbocycles. The molecular formula is C19H24N4O4. The molecule has 144 valence electrons. The van der Waals surface area contributed by atoms with Gasteiger partial charge in [-0.05, 0) is 52.2 Å². The molecule has 0 aliphatic heterocycles. The molecule has 2 aromatic heterocycles. The molecular weight excluding hydrogens is 348 g/mol. The van der Waals surface area contributed by atoms with Gasteiger partial charge in [0.2, 0.25) is 0 Å². The number of ether oxygens (including phenoxy) is 2. The largest absolute Gasteiger partial charge is 0.488 e. The summed E-state index contributed by atoms with van der Waals surface area (Å²) in [6.45, 7) is 5.51. The Morgan fingerprint density at radius 3 is 2.78 bits per heavy atom. The van der Waals surface area contributed by atoms with Crippen LogP contribution in [0.15, 0.2) is 12.1 Å². The highest BCUT2D eigenvalue weighted by molar-refractivity contribution is 5.82. The number of carbonyl (C=O) groups is 2. The van der Waals surface area contributed by atoms with Gasteiger partial charge in [0, 0.05) is 7.05 Å². The molecule has 8 heteroatoms. The average molecular weight is 372 g/mol. The summed E-state index contributed by atoms with van der Waals surface area (Å²) < 4.78 is 12.9. The Morgan fingerprint density at radius 1 is 1.33 bits per heavy atom. The van der Waals surface area contributed by atoms with E-state index in [0.717, 1.165) is 19.3 Å². The molecule has 2 unspecified atom stereocenters. The van der Waals surface area contributed by atoms with Crippen LogP contribution in [0.4, 0.5) is 0 Å². The highest BCUT2D eigenvalue weighted by atomic mass is 16.5. The fraction of sp³-hybridized carbons (Fsp3) is 0.526. The Labute approximate surface area is 157 Å². The lowest BCUT2D eigenvalue weighted by Crippen LogP contribution is -2.31. The predicted octanol–water partition coefficient (Wildman–Crippen LogP) is 2.50. The summed E-state index contributed by atoms with van der Waals surface area (Å²) in [6, 6.07) is 3.54. The average Bonchev–Trinajstić information content (AvgIpc) is 3.22. The number of carbonyl (C=O) groups excluding carboxylic acids is 2. The van der Waals surface area contributed by atoms with E-state index >= 15 is 0 Å². The lowest BCUT2D eigenvalue weighted by atomic mass is 10.1. The number of pyridine rings is 1. The molecule has 0 spiro atoms. The van der Waals surface area contributed by atoms with Crippen molar-refractivity contribution in [2.45, 2.75) is 52.2 Å². The number of nitrogens with zero attached hydrogens (tertiary/aromatic N) is 4. The highest BCUT2D eigenvalue weighted by Gasteiger charge is 2.36. The van der Waals surface area contributed by atoms with Gasteiger partial charge in [-0.2, -0.15) is 0 Å². The van der Waals surface area contributed by atoms with Crippen molar-refractivity contribution in [1.82, 2.24) is 20.0 Å². The normalized spacial score (nSPS) is 19.3. The first kappa shape index (κ1) is 19.0. The molecule has 0 radical (unpaired) electrons. The lowest BCUT2D eigenvalue weighted by molar-refractivity contribution is -0.154. The maximum atomic E-state index is 12.3. The van der Waals surface area contributed by atoms with Gasteiger partial charge in [-0.3, -0.25) is 9.59 Å². The molecule has 0 bridgehead atoms. The van der Waals surface area contributed by atoms with E-state index in [1.54, 1.807) is 19.2 Å². The van der Waals surface area contributed by atoms with Crippen LogP contribution in [-0.2, 0) is 16.6 Å². The minimum Gasteiger partial charge on any atom is -0.488 e. The van der Waals surface area contributed by atoms with E-state index < -0.39 is 0 Å². The van der Waals surface area contributed by atoms with Crippen molar-refractivity contribution in [2.24, 2.45) is 13.0 Å². The van der Waals surface area contributed by atoms with E-state index in [1.165, 1.54) is 4.68 Å². The first-order valence-corrected chi connectivity index (χ1v) is 9.10. The molecule has 1 saturated carbocycles. The summed E-state index contributed by atoms with van der Waals surface area (Å²) in [5.74, 6) is 0.155. The summed E-state index contributed by atoms with van der Waals surface area (Å²) in [4.78, 5) is 28.0. The molecule has 0 amide bonds. The smallest absolute Gasteiger partial charge is 0.312 e. The summed E-state index contributed by atoms with van der Waals surface area (Å²) in [5, 5.41) is 7.88. The third kappa shape index (κ3) is 3.99. The van der Waals surface area contributed by atoms with E-state index in [9.17, 15) is 9.59 Å². The van der Waals surface area contributed by atoms with Gasteiger partial charge in [-0.15, -0.1) is 5.10 Å². The van der Waals surface area contributed by atoms with Gasteiger partial charge in [0.15, 0.2) is 6.29 Å². The van der Waals surface area contributed by atoms with Crippen LogP contribution in [0.2, 0.25) is 0 Å². The second-order valence-electron chi connectivity index (χ2n) is 7.02. The monoisotopic (exact) mass is 372 g/mol. The molecule has 1 aliphatic rings. The SMILES string of the molecule is Cc1nc(-c2nnn(C)c2C=O)ccc1OC1CCCC1C(=O)OC(C)C. The van der Waals surface area contributed by atoms with Crippen molar-refractivity contribution in [3.8, 4) is 17.1 Å². The molecule has 0 saturated heterocycles. The molecule has 2 aromatic rings. The van der Waals surface area contributed by atoms with Crippen LogP contribution in [0.5, 0.6) is 5.75 Å². The highest BCUT2D eigenvalue weighted by Crippen LogP contribution is 2.32. The number of hydrogen-bond donors (Lipinski definition) is 0. The fourth-order valence-electron chi connectivity index (χ4n) is 3.30. The second kappa shape index (κ2) is 7.85. The van der Waals surface area contributed by atoms with Gasteiger partial charge in [-0.1, -0.05) is 5.21 Å². The van der Waals surface area contributed by atoms with Gasteiger partial charge < -0.3 is 9.47 Å². The van der Waals surface area contributed by atoms with Crippen molar-refractivity contribution in [1.29, 1.82) is 0 Å². The topological polar surface area (TPSA) is 96.2 Å². The Hall–Kier alpha value is -2.77. The quantitative estimate of drug-likeness (QED) is 0.568. The van der Waals surface area contributed by atoms with E-state index in [4.69, 9.17) is 9.47 Å². The van der Waals surface area contributed by atoms with Crippen LogP contribution < -0.4 is 4.74 Å². The predicted molar refractivity (Wildman–Crippen MR) is 97.3 cm³/mol. The van der Waals surface area contributed by atoms with Gasteiger partial charge >= 0.3 is 5.97 Å². The fourth-order valence-corrected chi connectivity index (χ4v) is 3.30. The van der Waals surface area contributed by atoms with Gasteiger partial charge in [0.05, 0.1) is 23.4 Å². The molecule has 3 rings (SSSR count). The Morgan fingerprint density at radius 2 is 2.11 bits per heavy atom. The van der Waals surface area contributed by atoms with Crippen molar-refractivity contribution < 1.29 is 19.1 Å². The maximum absolute atomic E-state index is 12.3. The number of aldehydes is 1. The molecule has 1 fully saturated rings. The zero-order chi connectivity index (χ0) is 19.6. The number of hydrogen-bond acceptors (Lipinski definition) is 7. The van der Waals surface area contributed by atoms with E-state index in [1.807, 2.05) is 20.8 Å². The van der Waals surface area contributed by atoms with Crippen molar-refractivity contribution >= 4 is 12.3 Å². The molecule has 0 N–H and O–H groups in total. The summed E-state index contributed by atoms with van der Waals surface area (Å²) in [6.07, 6.45) is 2.85. The zero-order valence-corrected chi connectivity index (χ0v) is 16.0. The summed E-state index contributed by atoms with van der Waals surface area (Å²) >= 11 is 0. The van der Waals surface area contributed by atoms with Crippen molar-refractivity contribution in [3.05, 3.63) is 23.5 Å². The van der Waals surface area contributed by atoms with Crippen molar-refractivity contribution in [2.75, 3.05) is 0 Å². The maximum Gasteiger partial charge on any atom is 0.312 e. The minimum absolute atomic E-state index is 0.138. The molecule has 0 aromatic carbocycles. The second-order valence-corrected chi connectivity index (χ2v) is 7.02. The third-order valence-electron chi connectivity index (χ3n) is 4.65. The van der Waals surface area contributed by atoms with Crippen LogP contribution in [-0.4, -0.2) is 44.4 Å². The Kier molecular flexibility index (Phi) is 5.53. The van der Waals surface area contributed by atoms with Gasteiger partial charge in [0.25, 0.3) is 0 Å². The number of rotatable bonds is 6. The number of aromatic nitrogens is 4. The molecule has 27 heavy (non-hydrogen) atoms. The zero-order valence-electron chi connectivity index (χ0n) is 16.0.